The van der Waals surface area contributed by atoms with Crippen LogP contribution in [-0.2, 0) is 14.3 Å². The molecule has 29 heavy (non-hydrogen) atoms. The summed E-state index contributed by atoms with van der Waals surface area (Å²) in [5.41, 5.74) is 1.49. The van der Waals surface area contributed by atoms with Crippen molar-refractivity contribution in [2.45, 2.75) is 12.8 Å². The first-order chi connectivity index (χ1) is 13.9. The number of aromatic nitrogens is 1. The van der Waals surface area contributed by atoms with Gasteiger partial charge in [-0.25, -0.2) is 0 Å². The third-order valence-electron chi connectivity index (χ3n) is 4.26. The van der Waals surface area contributed by atoms with Gasteiger partial charge in [-0.3, -0.25) is 24.6 Å². The Balaban J connectivity index is 1.77. The number of hydrogen-bond acceptors (Lipinski definition) is 7. The number of nitro benzene ring substituents is 1. The lowest BCUT2D eigenvalue weighted by atomic mass is 10.2. The summed E-state index contributed by atoms with van der Waals surface area (Å²) in [6.07, 6.45) is 4.23. The van der Waals surface area contributed by atoms with Crippen molar-refractivity contribution in [1.29, 1.82) is 0 Å². The number of esters is 1. The van der Waals surface area contributed by atoms with Gasteiger partial charge in [0.2, 0.25) is 0 Å². The Bertz CT molecular complexity index is 998. The van der Waals surface area contributed by atoms with E-state index in [0.717, 1.165) is 11.4 Å². The third-order valence-corrected chi connectivity index (χ3v) is 5.64. The monoisotopic (exact) mass is 431 g/mol. The Morgan fingerprint density at radius 1 is 1.31 bits per heavy atom. The van der Waals surface area contributed by atoms with Gasteiger partial charge in [0.15, 0.2) is 0 Å². The molecule has 10 heteroatoms. The zero-order valence-electron chi connectivity index (χ0n) is 15.4. The van der Waals surface area contributed by atoms with Crippen molar-refractivity contribution >= 4 is 51.9 Å². The molecule has 1 aliphatic rings. The molecule has 150 valence electrons. The van der Waals surface area contributed by atoms with Crippen molar-refractivity contribution in [1.82, 2.24) is 9.47 Å². The first-order valence-corrected chi connectivity index (χ1v) is 9.87. The van der Waals surface area contributed by atoms with Gasteiger partial charge in [-0.2, -0.15) is 0 Å². The average Bonchev–Trinajstić information content (AvgIpc) is 3.27. The van der Waals surface area contributed by atoms with Crippen molar-refractivity contribution < 1.29 is 19.2 Å². The second-order valence-electron chi connectivity index (χ2n) is 6.09. The van der Waals surface area contributed by atoms with Crippen molar-refractivity contribution in [2.24, 2.45) is 0 Å². The molecular formula is C19H17N3O5S2. The Morgan fingerprint density at radius 3 is 2.69 bits per heavy atom. The summed E-state index contributed by atoms with van der Waals surface area (Å²) in [7, 11) is 1.32. The number of nitro groups is 1. The van der Waals surface area contributed by atoms with Crippen LogP contribution in [0.2, 0.25) is 0 Å². The zero-order valence-corrected chi connectivity index (χ0v) is 17.1. The number of methoxy groups -OCH3 is 1. The predicted molar refractivity (Wildman–Crippen MR) is 114 cm³/mol. The topological polar surface area (TPSA) is 94.7 Å². The van der Waals surface area contributed by atoms with Crippen LogP contribution >= 0.6 is 24.0 Å². The van der Waals surface area contributed by atoms with Crippen LogP contribution in [0.15, 0.2) is 47.5 Å². The highest BCUT2D eigenvalue weighted by Crippen LogP contribution is 2.33. The third kappa shape index (κ3) is 4.72. The molecule has 1 amide bonds. The van der Waals surface area contributed by atoms with Crippen molar-refractivity contribution in [2.75, 3.05) is 13.7 Å². The van der Waals surface area contributed by atoms with E-state index in [1.807, 2.05) is 22.9 Å². The fourth-order valence-electron chi connectivity index (χ4n) is 2.79. The molecule has 1 aromatic heterocycles. The van der Waals surface area contributed by atoms with Crippen molar-refractivity contribution in [3.05, 3.63) is 63.3 Å². The number of carbonyl (C=O) groups excluding carboxylic acids is 2. The predicted octanol–water partition coefficient (Wildman–Crippen LogP) is 3.54. The Kier molecular flexibility index (Phi) is 6.45. The maximum Gasteiger partial charge on any atom is 0.305 e. The number of rotatable bonds is 7. The Hall–Kier alpha value is -2.98. The van der Waals surface area contributed by atoms with Gasteiger partial charge in [0.25, 0.3) is 11.6 Å². The number of thiocarbonyl (C=S) groups is 1. The number of amides is 1. The maximum atomic E-state index is 12.7. The summed E-state index contributed by atoms with van der Waals surface area (Å²) in [6, 6.07) is 9.82. The summed E-state index contributed by atoms with van der Waals surface area (Å²) >= 11 is 6.51. The minimum absolute atomic E-state index is 0.00952. The van der Waals surface area contributed by atoms with Crippen LogP contribution in [-0.4, -0.2) is 44.2 Å². The number of thioether (sulfide) groups is 1. The number of hydrogen-bond donors (Lipinski definition) is 0. The molecule has 8 nitrogen and oxygen atoms in total. The first kappa shape index (κ1) is 20.7. The summed E-state index contributed by atoms with van der Waals surface area (Å²) in [4.78, 5) is 36.3. The number of ether oxygens (including phenoxy) is 1. The molecule has 0 atom stereocenters. The average molecular weight is 431 g/mol. The van der Waals surface area contributed by atoms with Crippen LogP contribution in [0.3, 0.4) is 0 Å². The van der Waals surface area contributed by atoms with Gasteiger partial charge in [0.05, 0.1) is 16.9 Å². The maximum absolute atomic E-state index is 12.7. The minimum atomic E-state index is -0.452. The number of nitrogens with zero attached hydrogens (tertiary/aromatic N) is 3. The highest BCUT2D eigenvalue weighted by Gasteiger charge is 2.31. The highest BCUT2D eigenvalue weighted by molar-refractivity contribution is 8.26. The van der Waals surface area contributed by atoms with E-state index in [4.69, 9.17) is 12.2 Å². The van der Waals surface area contributed by atoms with E-state index in [1.54, 1.807) is 18.2 Å². The van der Waals surface area contributed by atoms with Crippen LogP contribution in [0.1, 0.15) is 18.5 Å². The van der Waals surface area contributed by atoms with Gasteiger partial charge >= 0.3 is 5.97 Å². The van der Waals surface area contributed by atoms with E-state index in [-0.39, 0.29) is 24.0 Å². The first-order valence-electron chi connectivity index (χ1n) is 8.65. The Morgan fingerprint density at radius 2 is 2.03 bits per heavy atom. The molecule has 2 heterocycles. The van der Waals surface area contributed by atoms with Gasteiger partial charge in [0.1, 0.15) is 4.32 Å². The van der Waals surface area contributed by atoms with E-state index in [2.05, 4.69) is 4.74 Å². The molecule has 0 aliphatic carbocycles. The van der Waals surface area contributed by atoms with Crippen LogP contribution in [0.4, 0.5) is 5.69 Å². The van der Waals surface area contributed by atoms with E-state index in [1.165, 1.54) is 35.9 Å². The van der Waals surface area contributed by atoms with Crippen LogP contribution in [0.5, 0.6) is 0 Å². The van der Waals surface area contributed by atoms with Gasteiger partial charge < -0.3 is 9.30 Å². The van der Waals surface area contributed by atoms with Crippen LogP contribution in [0, 0.1) is 10.1 Å². The minimum Gasteiger partial charge on any atom is -0.469 e. The normalized spacial score (nSPS) is 15.2. The van der Waals surface area contributed by atoms with Crippen molar-refractivity contribution in [3.63, 3.8) is 0 Å². The molecule has 1 fully saturated rings. The number of benzene rings is 1. The largest absolute Gasteiger partial charge is 0.469 e. The van der Waals surface area contributed by atoms with E-state index in [9.17, 15) is 19.7 Å². The lowest BCUT2D eigenvalue weighted by molar-refractivity contribution is -0.384. The van der Waals surface area contributed by atoms with Gasteiger partial charge in [-0.05, 0) is 36.8 Å². The lowest BCUT2D eigenvalue weighted by Crippen LogP contribution is -2.29. The molecule has 0 bridgehead atoms. The lowest BCUT2D eigenvalue weighted by Gasteiger charge is -2.13. The SMILES string of the molecule is COC(=O)CCCN1C(=O)/C(=C/c2cccn2-c2ccc([N+](=O)[O-])cc2)SC1=S. The van der Waals surface area contributed by atoms with Crippen LogP contribution in [0.25, 0.3) is 11.8 Å². The van der Waals surface area contributed by atoms with E-state index < -0.39 is 4.92 Å². The molecular weight excluding hydrogens is 414 g/mol. The molecule has 1 aromatic carbocycles. The zero-order chi connectivity index (χ0) is 21.0. The molecule has 0 unspecified atom stereocenters. The molecule has 0 N–H and O–H groups in total. The summed E-state index contributed by atoms with van der Waals surface area (Å²) in [5.74, 6) is -0.534. The fourth-order valence-corrected chi connectivity index (χ4v) is 4.09. The summed E-state index contributed by atoms with van der Waals surface area (Å²) < 4.78 is 6.87. The van der Waals surface area contributed by atoms with Crippen LogP contribution < -0.4 is 0 Å². The van der Waals surface area contributed by atoms with Gasteiger partial charge in [0, 0.05) is 42.7 Å². The highest BCUT2D eigenvalue weighted by atomic mass is 32.2. The van der Waals surface area contributed by atoms with Gasteiger partial charge in [-0.1, -0.05) is 24.0 Å². The van der Waals surface area contributed by atoms with Gasteiger partial charge in [-0.15, -0.1) is 0 Å². The molecule has 0 spiro atoms. The standard InChI is InChI=1S/C19H17N3O5S2/c1-27-17(23)5-3-11-21-18(24)16(29-19(21)28)12-15-4-2-10-20(15)13-6-8-14(9-7-13)22(25)26/h2,4,6-10,12H,3,5,11H2,1H3/b16-12-. The number of carbonyl (C=O) groups is 2. The van der Waals surface area contributed by atoms with E-state index in [0.29, 0.717) is 22.2 Å². The molecule has 0 radical (unpaired) electrons. The van der Waals surface area contributed by atoms with E-state index >= 15 is 0 Å². The molecule has 3 rings (SSSR count). The molecule has 1 aliphatic heterocycles. The molecule has 0 saturated carbocycles. The smallest absolute Gasteiger partial charge is 0.305 e. The second kappa shape index (κ2) is 9.01. The quantitative estimate of drug-likeness (QED) is 0.218. The summed E-state index contributed by atoms with van der Waals surface area (Å²) in [5, 5.41) is 10.8. The number of non-ortho nitro benzene ring substituents is 1. The fraction of sp³-hybridized carbons (Fsp3) is 0.211. The molecule has 1 saturated heterocycles. The second-order valence-corrected chi connectivity index (χ2v) is 7.77. The summed E-state index contributed by atoms with van der Waals surface area (Å²) in [6.45, 7) is 0.348. The van der Waals surface area contributed by atoms with Crippen molar-refractivity contribution in [3.8, 4) is 5.69 Å². The molecule has 2 aromatic rings. The Labute approximate surface area is 176 Å².